The van der Waals surface area contributed by atoms with E-state index in [1.165, 1.54) is 0 Å². The maximum absolute atomic E-state index is 10.8. The van der Waals surface area contributed by atoms with Crippen LogP contribution in [0.3, 0.4) is 0 Å². The zero-order valence-corrected chi connectivity index (χ0v) is 10.1. The number of rotatable bonds is 4. The summed E-state index contributed by atoms with van der Waals surface area (Å²) in [4.78, 5) is 16.7. The molecule has 0 amide bonds. The van der Waals surface area contributed by atoms with Crippen molar-refractivity contribution < 1.29 is 9.90 Å². The number of hydrogen-bond donors (Lipinski definition) is 1. The quantitative estimate of drug-likeness (QED) is 0.853. The first-order valence-corrected chi connectivity index (χ1v) is 5.32. The number of aliphatic carboxylic acids is 1. The minimum absolute atomic E-state index is 0.0347. The van der Waals surface area contributed by atoms with Crippen molar-refractivity contribution in [2.75, 3.05) is 11.4 Å². The standard InChI is InChI=1S/C12H15N3O2/c1-8(2)15(7-11(16)17)12-10(6-13)5-4-9(3)14-12/h4-5,8H,7H2,1-3H3,(H,16,17). The van der Waals surface area contributed by atoms with Gasteiger partial charge in [0, 0.05) is 11.7 Å². The monoisotopic (exact) mass is 233 g/mol. The van der Waals surface area contributed by atoms with Gasteiger partial charge in [-0.2, -0.15) is 5.26 Å². The lowest BCUT2D eigenvalue weighted by molar-refractivity contribution is -0.135. The molecule has 90 valence electrons. The van der Waals surface area contributed by atoms with E-state index in [1.54, 1.807) is 17.0 Å². The van der Waals surface area contributed by atoms with Crippen molar-refractivity contribution in [1.82, 2.24) is 4.98 Å². The molecule has 5 heteroatoms. The third kappa shape index (κ3) is 3.18. The molecule has 0 bridgehead atoms. The molecular formula is C12H15N3O2. The van der Waals surface area contributed by atoms with Crippen molar-refractivity contribution in [3.63, 3.8) is 0 Å². The highest BCUT2D eigenvalue weighted by molar-refractivity contribution is 5.74. The second kappa shape index (κ2) is 5.30. The van der Waals surface area contributed by atoms with Crippen LogP contribution < -0.4 is 4.90 Å². The summed E-state index contributed by atoms with van der Waals surface area (Å²) in [7, 11) is 0. The highest BCUT2D eigenvalue weighted by Gasteiger charge is 2.18. The number of aromatic nitrogens is 1. The van der Waals surface area contributed by atoms with Crippen LogP contribution in [-0.2, 0) is 4.79 Å². The van der Waals surface area contributed by atoms with Crippen LogP contribution in [0.15, 0.2) is 12.1 Å². The molecule has 0 fully saturated rings. The summed E-state index contributed by atoms with van der Waals surface area (Å²) < 4.78 is 0. The number of nitriles is 1. The number of pyridine rings is 1. The SMILES string of the molecule is Cc1ccc(C#N)c(N(CC(=O)O)C(C)C)n1. The molecule has 0 aliphatic heterocycles. The van der Waals surface area contributed by atoms with E-state index in [1.807, 2.05) is 26.8 Å². The fourth-order valence-electron chi connectivity index (χ4n) is 1.50. The molecule has 0 atom stereocenters. The zero-order chi connectivity index (χ0) is 13.0. The normalized spacial score (nSPS) is 10.1. The summed E-state index contributed by atoms with van der Waals surface area (Å²) in [5.74, 6) is -0.504. The van der Waals surface area contributed by atoms with Crippen molar-refractivity contribution in [2.24, 2.45) is 0 Å². The van der Waals surface area contributed by atoms with Gasteiger partial charge < -0.3 is 10.0 Å². The van der Waals surface area contributed by atoms with Gasteiger partial charge in [0.15, 0.2) is 0 Å². The molecule has 0 unspecified atom stereocenters. The summed E-state index contributed by atoms with van der Waals surface area (Å²) in [5, 5.41) is 17.9. The summed E-state index contributed by atoms with van der Waals surface area (Å²) in [5.41, 5.74) is 1.15. The van der Waals surface area contributed by atoms with Gasteiger partial charge in [0.25, 0.3) is 0 Å². The molecule has 0 saturated heterocycles. The smallest absolute Gasteiger partial charge is 0.323 e. The number of hydrogen-bond acceptors (Lipinski definition) is 4. The van der Waals surface area contributed by atoms with Gasteiger partial charge in [-0.15, -0.1) is 0 Å². The molecule has 1 heterocycles. The highest BCUT2D eigenvalue weighted by Crippen LogP contribution is 2.19. The Kier molecular flexibility index (Phi) is 4.05. The predicted octanol–water partition coefficient (Wildman–Crippen LogP) is 1.56. The molecule has 1 aromatic rings. The number of carboxylic acids is 1. The Morgan fingerprint density at radius 2 is 2.24 bits per heavy atom. The zero-order valence-electron chi connectivity index (χ0n) is 10.1. The Balaban J connectivity index is 3.22. The molecule has 0 aliphatic carbocycles. The van der Waals surface area contributed by atoms with Crippen molar-refractivity contribution in [3.8, 4) is 6.07 Å². The molecule has 1 N–H and O–H groups in total. The Bertz CT molecular complexity index is 463. The van der Waals surface area contributed by atoms with Crippen LogP contribution in [0.5, 0.6) is 0 Å². The maximum atomic E-state index is 10.8. The second-order valence-electron chi connectivity index (χ2n) is 4.05. The highest BCUT2D eigenvalue weighted by atomic mass is 16.4. The first-order chi connectivity index (χ1) is 7.95. The number of carbonyl (C=O) groups is 1. The molecular weight excluding hydrogens is 218 g/mol. The van der Waals surface area contributed by atoms with E-state index in [0.29, 0.717) is 11.4 Å². The number of nitrogens with zero attached hydrogens (tertiary/aromatic N) is 3. The number of anilines is 1. The van der Waals surface area contributed by atoms with Crippen molar-refractivity contribution >= 4 is 11.8 Å². The molecule has 0 spiro atoms. The van der Waals surface area contributed by atoms with Gasteiger partial charge in [-0.25, -0.2) is 4.98 Å². The third-order valence-electron chi connectivity index (χ3n) is 2.34. The van der Waals surface area contributed by atoms with Gasteiger partial charge in [-0.05, 0) is 32.9 Å². The molecule has 0 aliphatic rings. The topological polar surface area (TPSA) is 77.2 Å². The second-order valence-corrected chi connectivity index (χ2v) is 4.05. The lowest BCUT2D eigenvalue weighted by atomic mass is 10.2. The summed E-state index contributed by atoms with van der Waals surface area (Å²) in [6, 6.07) is 5.40. The molecule has 0 radical (unpaired) electrons. The van der Waals surface area contributed by atoms with Gasteiger partial charge in [-0.1, -0.05) is 0 Å². The van der Waals surface area contributed by atoms with Crippen LogP contribution in [-0.4, -0.2) is 28.6 Å². The molecule has 1 rings (SSSR count). The van der Waals surface area contributed by atoms with Gasteiger partial charge in [0.2, 0.25) is 0 Å². The van der Waals surface area contributed by atoms with Gasteiger partial charge in [-0.3, -0.25) is 4.79 Å². The molecule has 1 aromatic heterocycles. The van der Waals surface area contributed by atoms with Gasteiger partial charge >= 0.3 is 5.97 Å². The average Bonchev–Trinajstić information content (AvgIpc) is 2.25. The number of carboxylic acid groups (broad SMARTS) is 1. The van der Waals surface area contributed by atoms with Crippen LogP contribution in [0.25, 0.3) is 0 Å². The lowest BCUT2D eigenvalue weighted by Gasteiger charge is -2.26. The summed E-state index contributed by atoms with van der Waals surface area (Å²) in [6.45, 7) is 5.38. The maximum Gasteiger partial charge on any atom is 0.323 e. The van der Waals surface area contributed by atoms with Gasteiger partial charge in [0.05, 0.1) is 5.56 Å². The van der Waals surface area contributed by atoms with Crippen LogP contribution >= 0.6 is 0 Å². The number of aryl methyl sites for hydroxylation is 1. The van der Waals surface area contributed by atoms with Gasteiger partial charge in [0.1, 0.15) is 18.4 Å². The van der Waals surface area contributed by atoms with Crippen molar-refractivity contribution in [3.05, 3.63) is 23.4 Å². The summed E-state index contributed by atoms with van der Waals surface area (Å²) >= 11 is 0. The van der Waals surface area contributed by atoms with E-state index < -0.39 is 5.97 Å². The van der Waals surface area contributed by atoms with Crippen LogP contribution in [0.4, 0.5) is 5.82 Å². The van der Waals surface area contributed by atoms with Crippen LogP contribution in [0, 0.1) is 18.3 Å². The van der Waals surface area contributed by atoms with Crippen LogP contribution in [0.1, 0.15) is 25.1 Å². The minimum Gasteiger partial charge on any atom is -0.480 e. The van der Waals surface area contributed by atoms with E-state index in [2.05, 4.69) is 4.98 Å². The van der Waals surface area contributed by atoms with E-state index in [0.717, 1.165) is 5.69 Å². The molecule has 0 saturated carbocycles. The fourth-order valence-corrected chi connectivity index (χ4v) is 1.50. The molecule has 0 aromatic carbocycles. The largest absolute Gasteiger partial charge is 0.480 e. The summed E-state index contributed by atoms with van der Waals surface area (Å²) in [6.07, 6.45) is 0. The molecule has 5 nitrogen and oxygen atoms in total. The predicted molar refractivity (Wildman–Crippen MR) is 63.8 cm³/mol. The van der Waals surface area contributed by atoms with E-state index >= 15 is 0 Å². The van der Waals surface area contributed by atoms with E-state index in [4.69, 9.17) is 10.4 Å². The average molecular weight is 233 g/mol. The fraction of sp³-hybridized carbons (Fsp3) is 0.417. The first kappa shape index (κ1) is 13.0. The Morgan fingerprint density at radius 3 is 2.71 bits per heavy atom. The third-order valence-corrected chi connectivity index (χ3v) is 2.34. The van der Waals surface area contributed by atoms with Crippen LogP contribution in [0.2, 0.25) is 0 Å². The van der Waals surface area contributed by atoms with Crippen molar-refractivity contribution in [1.29, 1.82) is 5.26 Å². The Labute approximate surface area is 100 Å². The minimum atomic E-state index is -0.939. The first-order valence-electron chi connectivity index (χ1n) is 5.32. The molecule has 17 heavy (non-hydrogen) atoms. The van der Waals surface area contributed by atoms with Crippen molar-refractivity contribution in [2.45, 2.75) is 26.8 Å². The Hall–Kier alpha value is -2.09. The van der Waals surface area contributed by atoms with E-state index in [9.17, 15) is 4.79 Å². The van der Waals surface area contributed by atoms with E-state index in [-0.39, 0.29) is 12.6 Å². The lowest BCUT2D eigenvalue weighted by Crippen LogP contribution is -2.37. The Morgan fingerprint density at radius 1 is 1.59 bits per heavy atom.